The van der Waals surface area contributed by atoms with Crippen LogP contribution in [0.5, 0.6) is 0 Å². The molecule has 0 aliphatic rings. The fourth-order valence-electron chi connectivity index (χ4n) is 1.54. The van der Waals surface area contributed by atoms with Crippen LogP contribution in [0, 0.1) is 28.8 Å². The highest BCUT2D eigenvalue weighted by Crippen LogP contribution is 2.35. The summed E-state index contributed by atoms with van der Waals surface area (Å²) in [6, 6.07) is 5.24. The fourth-order valence-corrected chi connectivity index (χ4v) is 2.10. The van der Waals surface area contributed by atoms with Crippen LogP contribution in [0.4, 0.5) is 24.5 Å². The molecule has 0 spiro atoms. The number of nitrogens with one attached hydrogen (secondary N) is 1. The third-order valence-corrected chi connectivity index (χ3v) is 3.02. The molecule has 0 radical (unpaired) electrons. The summed E-state index contributed by atoms with van der Waals surface area (Å²) in [5.74, 6) is -2.65. The predicted octanol–water partition coefficient (Wildman–Crippen LogP) is 5.03. The first-order valence-electron chi connectivity index (χ1n) is 5.23. The third-order valence-electron chi connectivity index (χ3n) is 2.43. The van der Waals surface area contributed by atoms with Crippen molar-refractivity contribution in [2.75, 3.05) is 5.32 Å². The summed E-state index contributed by atoms with van der Waals surface area (Å²) in [6.07, 6.45) is 0. The molecule has 2 aromatic rings. The van der Waals surface area contributed by atoms with Crippen molar-refractivity contribution in [3.63, 3.8) is 0 Å². The normalized spacial score (nSPS) is 10.2. The SMILES string of the molecule is N#Cc1cc(F)c(Nc2c(Cl)cc(F)cc2Cl)c(F)c1. The summed E-state index contributed by atoms with van der Waals surface area (Å²) in [7, 11) is 0. The van der Waals surface area contributed by atoms with Crippen LogP contribution in [-0.4, -0.2) is 0 Å². The monoisotopic (exact) mass is 316 g/mol. The Balaban J connectivity index is 2.49. The molecule has 2 rings (SSSR count). The summed E-state index contributed by atoms with van der Waals surface area (Å²) >= 11 is 11.5. The van der Waals surface area contributed by atoms with Crippen LogP contribution in [0.25, 0.3) is 0 Å². The number of hydrogen-bond donors (Lipinski definition) is 1. The summed E-state index contributed by atoms with van der Waals surface area (Å²) in [6.45, 7) is 0. The molecule has 0 fully saturated rings. The molecule has 0 aliphatic carbocycles. The summed E-state index contributed by atoms with van der Waals surface area (Å²) in [4.78, 5) is 0. The third kappa shape index (κ3) is 2.82. The summed E-state index contributed by atoms with van der Waals surface area (Å²) in [5, 5.41) is 10.7. The Labute approximate surface area is 122 Å². The van der Waals surface area contributed by atoms with Crippen LogP contribution in [0.1, 0.15) is 5.56 Å². The number of benzene rings is 2. The maximum atomic E-state index is 13.7. The Bertz CT molecular complexity index is 680. The second-order valence-electron chi connectivity index (χ2n) is 3.80. The molecule has 0 aromatic heterocycles. The zero-order valence-corrected chi connectivity index (χ0v) is 11.2. The first-order valence-corrected chi connectivity index (χ1v) is 5.98. The molecule has 20 heavy (non-hydrogen) atoms. The highest BCUT2D eigenvalue weighted by atomic mass is 35.5. The van der Waals surface area contributed by atoms with E-state index in [1.54, 1.807) is 6.07 Å². The van der Waals surface area contributed by atoms with Crippen molar-refractivity contribution in [3.05, 3.63) is 57.3 Å². The van der Waals surface area contributed by atoms with Crippen LogP contribution in [-0.2, 0) is 0 Å². The first-order chi connectivity index (χ1) is 9.42. The zero-order chi connectivity index (χ0) is 14.9. The van der Waals surface area contributed by atoms with Crippen molar-refractivity contribution >= 4 is 34.6 Å². The van der Waals surface area contributed by atoms with Crippen molar-refractivity contribution in [2.45, 2.75) is 0 Å². The average molecular weight is 317 g/mol. The second kappa shape index (κ2) is 5.61. The standard InChI is InChI=1S/C13H5Cl2F3N2/c14-8-3-7(16)4-9(15)12(8)20-13-10(17)1-6(5-19)2-11(13)18/h1-4,20H. The minimum atomic E-state index is -0.988. The Morgan fingerprint density at radius 3 is 1.85 bits per heavy atom. The fraction of sp³-hybridized carbons (Fsp3) is 0. The van der Waals surface area contributed by atoms with Crippen molar-refractivity contribution in [2.24, 2.45) is 0 Å². The molecule has 2 nitrogen and oxygen atoms in total. The Morgan fingerprint density at radius 2 is 1.40 bits per heavy atom. The highest BCUT2D eigenvalue weighted by molar-refractivity contribution is 6.39. The molecule has 2 aromatic carbocycles. The van der Waals surface area contributed by atoms with E-state index in [1.807, 2.05) is 0 Å². The van der Waals surface area contributed by atoms with Crippen LogP contribution in [0.15, 0.2) is 24.3 Å². The maximum absolute atomic E-state index is 13.7. The average Bonchev–Trinajstić information content (AvgIpc) is 2.35. The largest absolute Gasteiger partial charge is 0.348 e. The van der Waals surface area contributed by atoms with Gasteiger partial charge >= 0.3 is 0 Å². The van der Waals surface area contributed by atoms with E-state index in [4.69, 9.17) is 28.5 Å². The predicted molar refractivity (Wildman–Crippen MR) is 70.8 cm³/mol. The van der Waals surface area contributed by atoms with E-state index >= 15 is 0 Å². The van der Waals surface area contributed by atoms with Crippen LogP contribution < -0.4 is 5.32 Å². The van der Waals surface area contributed by atoms with E-state index in [1.165, 1.54) is 0 Å². The Morgan fingerprint density at radius 1 is 0.900 bits per heavy atom. The number of rotatable bonds is 2. The van der Waals surface area contributed by atoms with Crippen LogP contribution >= 0.6 is 23.2 Å². The molecular formula is C13H5Cl2F3N2. The Kier molecular flexibility index (Phi) is 4.07. The zero-order valence-electron chi connectivity index (χ0n) is 9.65. The molecule has 0 amide bonds. The first kappa shape index (κ1) is 14.5. The molecule has 0 heterocycles. The number of anilines is 2. The molecular weight excluding hydrogens is 312 g/mol. The highest BCUT2D eigenvalue weighted by Gasteiger charge is 2.15. The van der Waals surface area contributed by atoms with Crippen molar-refractivity contribution in [1.29, 1.82) is 5.26 Å². The van der Waals surface area contributed by atoms with Gasteiger partial charge in [-0.1, -0.05) is 23.2 Å². The maximum Gasteiger partial charge on any atom is 0.150 e. The topological polar surface area (TPSA) is 35.8 Å². The lowest BCUT2D eigenvalue weighted by Crippen LogP contribution is -2.00. The molecule has 0 bridgehead atoms. The van der Waals surface area contributed by atoms with Crippen LogP contribution in [0.2, 0.25) is 10.0 Å². The lowest BCUT2D eigenvalue weighted by atomic mass is 10.2. The summed E-state index contributed by atoms with van der Waals surface area (Å²) in [5.41, 5.74) is -0.724. The van der Waals surface area contributed by atoms with Gasteiger partial charge in [-0.2, -0.15) is 5.26 Å². The van der Waals surface area contributed by atoms with Crippen LogP contribution in [0.3, 0.4) is 0 Å². The van der Waals surface area contributed by atoms with Gasteiger partial charge in [0.25, 0.3) is 0 Å². The van der Waals surface area contributed by atoms with E-state index in [-0.39, 0.29) is 21.3 Å². The summed E-state index contributed by atoms with van der Waals surface area (Å²) < 4.78 is 40.4. The second-order valence-corrected chi connectivity index (χ2v) is 4.61. The molecule has 0 saturated carbocycles. The molecule has 0 aliphatic heterocycles. The number of nitriles is 1. The van der Waals surface area contributed by atoms with Gasteiger partial charge in [-0.25, -0.2) is 13.2 Å². The van der Waals surface area contributed by atoms with Gasteiger partial charge in [-0.05, 0) is 24.3 Å². The van der Waals surface area contributed by atoms with Crippen molar-refractivity contribution in [3.8, 4) is 6.07 Å². The van der Waals surface area contributed by atoms with Crippen molar-refractivity contribution < 1.29 is 13.2 Å². The lowest BCUT2D eigenvalue weighted by Gasteiger charge is -2.12. The minimum Gasteiger partial charge on any atom is -0.348 e. The van der Waals surface area contributed by atoms with Gasteiger partial charge in [0, 0.05) is 0 Å². The van der Waals surface area contributed by atoms with Gasteiger partial charge in [-0.15, -0.1) is 0 Å². The van der Waals surface area contributed by atoms with E-state index in [9.17, 15) is 13.2 Å². The van der Waals surface area contributed by atoms with Gasteiger partial charge in [0.15, 0.2) is 11.6 Å². The quantitative estimate of drug-likeness (QED) is 0.843. The molecule has 0 unspecified atom stereocenters. The number of nitrogens with zero attached hydrogens (tertiary/aromatic N) is 1. The van der Waals surface area contributed by atoms with Gasteiger partial charge in [0.05, 0.1) is 27.4 Å². The van der Waals surface area contributed by atoms with Gasteiger partial charge in [0.2, 0.25) is 0 Å². The van der Waals surface area contributed by atoms with E-state index in [0.29, 0.717) is 0 Å². The van der Waals surface area contributed by atoms with E-state index < -0.39 is 23.1 Å². The van der Waals surface area contributed by atoms with Gasteiger partial charge in [-0.3, -0.25) is 0 Å². The molecule has 0 atom stereocenters. The van der Waals surface area contributed by atoms with Crippen molar-refractivity contribution in [1.82, 2.24) is 0 Å². The van der Waals surface area contributed by atoms with Gasteiger partial charge in [0.1, 0.15) is 11.5 Å². The molecule has 1 N–H and O–H groups in total. The smallest absolute Gasteiger partial charge is 0.150 e. The van der Waals surface area contributed by atoms with E-state index in [2.05, 4.69) is 5.32 Å². The lowest BCUT2D eigenvalue weighted by molar-refractivity contribution is 0.590. The molecule has 102 valence electrons. The number of hydrogen-bond acceptors (Lipinski definition) is 2. The number of halogens is 5. The molecule has 0 saturated heterocycles. The van der Waals surface area contributed by atoms with Gasteiger partial charge < -0.3 is 5.32 Å². The molecule has 7 heteroatoms. The Hall–Kier alpha value is -1.90. The minimum absolute atomic E-state index is 0.0303. The van der Waals surface area contributed by atoms with E-state index in [0.717, 1.165) is 24.3 Å².